The smallest absolute Gasteiger partial charge is 0.193 e. The van der Waals surface area contributed by atoms with E-state index < -0.39 is 0 Å². The van der Waals surface area contributed by atoms with Gasteiger partial charge < -0.3 is 20.0 Å². The zero-order valence-electron chi connectivity index (χ0n) is 18.0. The molecule has 3 aliphatic rings. The summed E-state index contributed by atoms with van der Waals surface area (Å²) in [5.74, 6) is 1.18. The van der Waals surface area contributed by atoms with E-state index in [2.05, 4.69) is 33.9 Å². The van der Waals surface area contributed by atoms with Crippen molar-refractivity contribution in [2.24, 2.45) is 10.4 Å². The van der Waals surface area contributed by atoms with E-state index in [-0.39, 0.29) is 0 Å². The first-order valence-electron chi connectivity index (χ1n) is 11.7. The van der Waals surface area contributed by atoms with E-state index in [1.807, 2.05) is 0 Å². The Labute approximate surface area is 167 Å². The molecule has 5 nitrogen and oxygen atoms in total. The predicted octanol–water partition coefficient (Wildman–Crippen LogP) is 3.03. The van der Waals surface area contributed by atoms with Crippen molar-refractivity contribution in [1.82, 2.24) is 20.0 Å². The Kier molecular flexibility index (Phi) is 8.25. The highest BCUT2D eigenvalue weighted by Gasteiger charge is 2.39. The molecule has 3 fully saturated rings. The summed E-state index contributed by atoms with van der Waals surface area (Å²) in [4.78, 5) is 12.7. The Morgan fingerprint density at radius 1 is 0.889 bits per heavy atom. The van der Waals surface area contributed by atoms with Crippen molar-refractivity contribution in [2.75, 3.05) is 65.4 Å². The minimum atomic E-state index is 0.606. The van der Waals surface area contributed by atoms with Gasteiger partial charge in [0.05, 0.1) is 0 Å². The molecule has 0 radical (unpaired) electrons. The molecule has 1 aliphatic carbocycles. The lowest BCUT2D eigenvalue weighted by molar-refractivity contribution is 0.136. The first kappa shape index (κ1) is 20.9. The van der Waals surface area contributed by atoms with E-state index in [9.17, 15) is 0 Å². The van der Waals surface area contributed by atoms with Crippen LogP contribution in [-0.4, -0.2) is 86.1 Å². The summed E-state index contributed by atoms with van der Waals surface area (Å²) < 4.78 is 0. The lowest BCUT2D eigenvalue weighted by Crippen LogP contribution is -2.46. The van der Waals surface area contributed by atoms with Crippen molar-refractivity contribution in [3.8, 4) is 0 Å². The van der Waals surface area contributed by atoms with Gasteiger partial charge in [-0.05, 0) is 57.5 Å². The van der Waals surface area contributed by atoms with E-state index in [0.717, 1.165) is 13.1 Å². The van der Waals surface area contributed by atoms with Gasteiger partial charge in [0.1, 0.15) is 0 Å². The molecule has 0 aromatic carbocycles. The van der Waals surface area contributed by atoms with Crippen LogP contribution in [0.25, 0.3) is 0 Å². The van der Waals surface area contributed by atoms with Gasteiger partial charge in [0.25, 0.3) is 0 Å². The molecule has 3 rings (SSSR count). The molecule has 2 saturated heterocycles. The number of nitrogens with one attached hydrogen (secondary N) is 1. The van der Waals surface area contributed by atoms with Crippen LogP contribution in [0.5, 0.6) is 0 Å². The Morgan fingerprint density at radius 3 is 2.33 bits per heavy atom. The van der Waals surface area contributed by atoms with Crippen LogP contribution in [0.2, 0.25) is 0 Å². The number of unbranched alkanes of at least 4 members (excludes halogenated alkanes) is 1. The average Bonchev–Trinajstić information content (AvgIpc) is 3.11. The minimum Gasteiger partial charge on any atom is -0.357 e. The molecule has 156 valence electrons. The Hall–Kier alpha value is -0.810. The summed E-state index contributed by atoms with van der Waals surface area (Å²) in [7, 11) is 0. The first-order valence-corrected chi connectivity index (χ1v) is 11.7. The second-order valence-corrected chi connectivity index (χ2v) is 8.95. The number of aliphatic imine (C=N–C) groups is 1. The molecule has 0 aromatic rings. The summed E-state index contributed by atoms with van der Waals surface area (Å²) in [6.45, 7) is 16.3. The van der Waals surface area contributed by atoms with Gasteiger partial charge in [0, 0.05) is 52.4 Å². The molecular formula is C22H43N5. The number of guanidine groups is 1. The maximum absolute atomic E-state index is 4.99. The highest BCUT2D eigenvalue weighted by molar-refractivity contribution is 5.80. The summed E-state index contributed by atoms with van der Waals surface area (Å²) in [5.41, 5.74) is 0.606. The van der Waals surface area contributed by atoms with E-state index in [4.69, 9.17) is 4.99 Å². The third kappa shape index (κ3) is 6.08. The minimum absolute atomic E-state index is 0.606. The van der Waals surface area contributed by atoms with Crippen molar-refractivity contribution < 1.29 is 0 Å². The fraction of sp³-hybridized carbons (Fsp3) is 0.955. The molecular weight excluding hydrogens is 334 g/mol. The zero-order chi connectivity index (χ0) is 19.0. The van der Waals surface area contributed by atoms with Crippen molar-refractivity contribution in [1.29, 1.82) is 0 Å². The van der Waals surface area contributed by atoms with E-state index >= 15 is 0 Å². The summed E-state index contributed by atoms with van der Waals surface area (Å²) in [5, 5.41) is 3.56. The van der Waals surface area contributed by atoms with Crippen LogP contribution in [0.1, 0.15) is 65.2 Å². The molecule has 2 aliphatic heterocycles. The zero-order valence-corrected chi connectivity index (χ0v) is 18.0. The molecule has 27 heavy (non-hydrogen) atoms. The third-order valence-corrected chi connectivity index (χ3v) is 7.04. The second kappa shape index (κ2) is 10.7. The molecule has 1 spiro atoms. The molecule has 0 unspecified atom stereocenters. The summed E-state index contributed by atoms with van der Waals surface area (Å²) in [6, 6.07) is 0. The van der Waals surface area contributed by atoms with Crippen LogP contribution in [0.15, 0.2) is 4.99 Å². The van der Waals surface area contributed by atoms with Crippen molar-refractivity contribution in [3.63, 3.8) is 0 Å². The van der Waals surface area contributed by atoms with Gasteiger partial charge in [-0.25, -0.2) is 0 Å². The molecule has 0 amide bonds. The standard InChI is InChI=1S/C22H43N5/c1-3-23-21(27-15-12-22(20-27)10-6-5-7-11-22)24-13-8-9-14-26-18-16-25(4-2)17-19-26/h3-20H2,1-2H3,(H,23,24). The van der Waals surface area contributed by atoms with E-state index in [1.165, 1.54) is 110 Å². The highest BCUT2D eigenvalue weighted by Crippen LogP contribution is 2.43. The van der Waals surface area contributed by atoms with Gasteiger partial charge in [0.15, 0.2) is 5.96 Å². The van der Waals surface area contributed by atoms with Gasteiger partial charge in [-0.15, -0.1) is 0 Å². The number of likely N-dealkylation sites (N-methyl/N-ethyl adjacent to an activating group) is 1. The maximum Gasteiger partial charge on any atom is 0.193 e. The predicted molar refractivity (Wildman–Crippen MR) is 115 cm³/mol. The van der Waals surface area contributed by atoms with E-state index in [1.54, 1.807) is 0 Å². The quantitative estimate of drug-likeness (QED) is 0.420. The number of hydrogen-bond acceptors (Lipinski definition) is 3. The van der Waals surface area contributed by atoms with Gasteiger partial charge >= 0.3 is 0 Å². The van der Waals surface area contributed by atoms with Crippen molar-refractivity contribution in [3.05, 3.63) is 0 Å². The molecule has 1 N–H and O–H groups in total. The summed E-state index contributed by atoms with van der Waals surface area (Å²) in [6.07, 6.45) is 11.1. The Balaban J connectivity index is 1.38. The van der Waals surface area contributed by atoms with Gasteiger partial charge in [0.2, 0.25) is 0 Å². The van der Waals surface area contributed by atoms with Crippen LogP contribution in [0.3, 0.4) is 0 Å². The summed E-state index contributed by atoms with van der Waals surface area (Å²) >= 11 is 0. The topological polar surface area (TPSA) is 34.1 Å². The van der Waals surface area contributed by atoms with E-state index in [0.29, 0.717) is 5.41 Å². The molecule has 1 saturated carbocycles. The normalized spacial score (nSPS) is 24.7. The fourth-order valence-corrected chi connectivity index (χ4v) is 5.21. The molecule has 0 aromatic heterocycles. The van der Waals surface area contributed by atoms with Crippen molar-refractivity contribution >= 4 is 5.96 Å². The Bertz CT molecular complexity index is 450. The number of hydrogen-bond donors (Lipinski definition) is 1. The number of likely N-dealkylation sites (tertiary alicyclic amines) is 1. The molecule has 0 atom stereocenters. The maximum atomic E-state index is 4.99. The number of piperazine rings is 1. The van der Waals surface area contributed by atoms with Crippen LogP contribution in [0, 0.1) is 5.41 Å². The fourth-order valence-electron chi connectivity index (χ4n) is 5.21. The van der Waals surface area contributed by atoms with Crippen LogP contribution < -0.4 is 5.32 Å². The van der Waals surface area contributed by atoms with Crippen molar-refractivity contribution in [2.45, 2.75) is 65.2 Å². The van der Waals surface area contributed by atoms with Crippen LogP contribution in [-0.2, 0) is 0 Å². The SMILES string of the molecule is CCNC(=NCCCCN1CCN(CC)CC1)N1CCC2(CCCCC2)C1. The molecule has 0 bridgehead atoms. The van der Waals surface area contributed by atoms with Gasteiger partial charge in [-0.3, -0.25) is 4.99 Å². The molecule has 2 heterocycles. The Morgan fingerprint density at radius 2 is 1.63 bits per heavy atom. The number of nitrogens with zero attached hydrogens (tertiary/aromatic N) is 4. The highest BCUT2D eigenvalue weighted by atomic mass is 15.3. The largest absolute Gasteiger partial charge is 0.357 e. The van der Waals surface area contributed by atoms with Gasteiger partial charge in [-0.1, -0.05) is 26.2 Å². The number of rotatable bonds is 7. The van der Waals surface area contributed by atoms with Gasteiger partial charge in [-0.2, -0.15) is 0 Å². The lowest BCUT2D eigenvalue weighted by atomic mass is 9.73. The second-order valence-electron chi connectivity index (χ2n) is 8.95. The monoisotopic (exact) mass is 377 g/mol. The first-order chi connectivity index (χ1) is 13.2. The van der Waals surface area contributed by atoms with Crippen LogP contribution >= 0.6 is 0 Å². The van der Waals surface area contributed by atoms with Crippen LogP contribution in [0.4, 0.5) is 0 Å². The third-order valence-electron chi connectivity index (χ3n) is 7.04. The lowest BCUT2D eigenvalue weighted by Gasteiger charge is -2.34. The molecule has 5 heteroatoms. The average molecular weight is 378 g/mol.